The van der Waals surface area contributed by atoms with E-state index < -0.39 is 0 Å². The summed E-state index contributed by atoms with van der Waals surface area (Å²) in [6.07, 6.45) is 2.17. The zero-order valence-electron chi connectivity index (χ0n) is 7.70. The van der Waals surface area contributed by atoms with Gasteiger partial charge in [-0.15, -0.1) is 0 Å². The van der Waals surface area contributed by atoms with Crippen LogP contribution in [0.3, 0.4) is 0 Å². The first kappa shape index (κ1) is 13.9. The van der Waals surface area contributed by atoms with E-state index in [0.717, 1.165) is 5.56 Å². The Labute approximate surface area is 116 Å². The Balaban J connectivity index is 0.00000169. The van der Waals surface area contributed by atoms with Gasteiger partial charge in [-0.3, -0.25) is 0 Å². The average Bonchev–Trinajstić information content (AvgIpc) is 2.09. The third kappa shape index (κ3) is 4.94. The van der Waals surface area contributed by atoms with Crippen molar-refractivity contribution in [3.63, 3.8) is 0 Å². The number of nitriles is 1. The van der Waals surface area contributed by atoms with Gasteiger partial charge in [-0.1, -0.05) is 28.8 Å². The summed E-state index contributed by atoms with van der Waals surface area (Å²) in [7, 11) is 0. The number of rotatable bonds is 2. The maximum absolute atomic E-state index is 8.23. The fourth-order valence-corrected chi connectivity index (χ4v) is 1.21. The molecule has 0 N–H and O–H groups in total. The summed E-state index contributed by atoms with van der Waals surface area (Å²) in [5, 5.41) is 9.31. The van der Waals surface area contributed by atoms with Crippen molar-refractivity contribution >= 4 is 29.3 Å². The molecule has 0 heterocycles. The Morgan fingerprint density at radius 3 is 2.50 bits per heavy atom. The molecule has 0 atom stereocenters. The molecule has 0 saturated carbocycles. The van der Waals surface area contributed by atoms with Crippen LogP contribution >= 0.6 is 11.6 Å². The second-order valence-electron chi connectivity index (χ2n) is 2.41. The Morgan fingerprint density at radius 1 is 1.43 bits per heavy atom. The van der Waals surface area contributed by atoms with Gasteiger partial charge in [0, 0.05) is 5.02 Å². The van der Waals surface area contributed by atoms with Gasteiger partial charge < -0.3 is 12.6 Å². The third-order valence-corrected chi connectivity index (χ3v) is 1.93. The first-order valence-electron chi connectivity index (χ1n) is 3.59. The van der Waals surface area contributed by atoms with E-state index in [1.54, 1.807) is 18.3 Å². The van der Waals surface area contributed by atoms with Gasteiger partial charge in [0.05, 0.1) is 0 Å². The summed E-state index contributed by atoms with van der Waals surface area (Å²) in [5.74, 6) is 0. The normalized spacial score (nSPS) is 10.1. The second-order valence-corrected chi connectivity index (χ2v) is 3.32. The topological polar surface area (TPSA) is 36.1 Å². The van der Waals surface area contributed by atoms with Crippen LogP contribution in [0.5, 0.6) is 0 Å². The van der Waals surface area contributed by atoms with Crippen LogP contribution in [0.4, 0.5) is 0 Å². The summed E-state index contributed by atoms with van der Waals surface area (Å²) < 4.78 is 0. The average molecular weight is 233 g/mol. The van der Waals surface area contributed by atoms with Gasteiger partial charge in [0.15, 0.2) is 0 Å². The quantitative estimate of drug-likeness (QED) is 0.223. The van der Waals surface area contributed by atoms with Gasteiger partial charge in [0.25, 0.3) is 0 Å². The Hall–Kier alpha value is -0.110. The number of aliphatic imine (C=N–C) groups is 1. The molecule has 1 rings (SSSR count). The monoisotopic (exact) mass is 232 g/mol. The van der Waals surface area contributed by atoms with Crippen LogP contribution in [0.25, 0.3) is 0 Å². The minimum absolute atomic E-state index is 0. The number of nitrogens with zero attached hydrogens (tertiary/aromatic N) is 2. The maximum atomic E-state index is 8.23. The molecule has 0 aliphatic carbocycles. The molecule has 0 saturated heterocycles. The molecule has 2 nitrogen and oxygen atoms in total. The van der Waals surface area contributed by atoms with Crippen LogP contribution in [-0.2, 0) is 19.0 Å². The predicted octanol–water partition coefficient (Wildman–Crippen LogP) is -0.687. The van der Waals surface area contributed by atoms with E-state index in [2.05, 4.69) is 4.99 Å². The molecule has 0 aliphatic rings. The van der Waals surface area contributed by atoms with Crippen LogP contribution < -0.4 is 29.6 Å². The number of benzene rings is 1. The number of halogens is 1. The molecule has 5 heteroatoms. The zero-order valence-corrected chi connectivity index (χ0v) is 11.3. The van der Waals surface area contributed by atoms with Gasteiger partial charge >= 0.3 is 29.6 Å². The van der Waals surface area contributed by atoms with E-state index in [1.807, 2.05) is 12.1 Å². The number of hydrogen-bond donors (Lipinski definition) is 0. The van der Waals surface area contributed by atoms with Crippen molar-refractivity contribution in [2.45, 2.75) is 6.42 Å². The largest absolute Gasteiger partial charge is 1.00 e. The van der Waals surface area contributed by atoms with Gasteiger partial charge in [-0.25, -0.2) is 4.99 Å². The molecule has 14 heavy (non-hydrogen) atoms. The van der Waals surface area contributed by atoms with E-state index in [1.165, 1.54) is 0 Å². The summed E-state index contributed by atoms with van der Waals surface area (Å²) in [4.78, 5) is 3.45. The van der Waals surface area contributed by atoms with Gasteiger partial charge in [-0.05, 0) is 24.1 Å². The maximum Gasteiger partial charge on any atom is 1.00 e. The molecule has 66 valence electrons. The first-order valence-corrected chi connectivity index (χ1v) is 4.38. The van der Waals surface area contributed by atoms with Crippen LogP contribution in [0.2, 0.25) is 5.02 Å². The molecule has 0 spiro atoms. The van der Waals surface area contributed by atoms with Crippen molar-refractivity contribution in [3.05, 3.63) is 34.9 Å². The minimum atomic E-state index is 0. The van der Waals surface area contributed by atoms with E-state index in [9.17, 15) is 0 Å². The Kier molecular flexibility index (Phi) is 7.16. The SMILES string of the molecule is N#CN=C([S-])Cc1ccc(Cl)cc1.[Na+]. The smallest absolute Gasteiger partial charge is 0.763 e. The molecule has 0 amide bonds. The van der Waals surface area contributed by atoms with Crippen molar-refractivity contribution in [2.75, 3.05) is 0 Å². The fraction of sp³-hybridized carbons (Fsp3) is 0.111. The van der Waals surface area contributed by atoms with Gasteiger partial charge in [-0.2, -0.15) is 5.26 Å². The van der Waals surface area contributed by atoms with E-state index >= 15 is 0 Å². The number of hydrogen-bond acceptors (Lipinski definition) is 3. The molecule has 0 aliphatic heterocycles. The molecular weight excluding hydrogens is 227 g/mol. The minimum Gasteiger partial charge on any atom is -0.763 e. The molecule has 0 radical (unpaired) electrons. The van der Waals surface area contributed by atoms with Crippen LogP contribution in [0, 0.1) is 11.5 Å². The Morgan fingerprint density at radius 2 is 2.00 bits per heavy atom. The molecule has 0 fully saturated rings. The molecule has 0 unspecified atom stereocenters. The second kappa shape index (κ2) is 7.22. The van der Waals surface area contributed by atoms with Crippen molar-refractivity contribution in [1.82, 2.24) is 0 Å². The van der Waals surface area contributed by atoms with E-state index in [0.29, 0.717) is 16.5 Å². The molecular formula is C9H6ClN2NaS. The van der Waals surface area contributed by atoms with Crippen LogP contribution in [0.15, 0.2) is 29.3 Å². The van der Waals surface area contributed by atoms with Crippen molar-refractivity contribution in [2.24, 2.45) is 4.99 Å². The van der Waals surface area contributed by atoms with E-state index in [-0.39, 0.29) is 29.6 Å². The summed E-state index contributed by atoms with van der Waals surface area (Å²) in [6, 6.07) is 7.29. The first-order chi connectivity index (χ1) is 6.22. The van der Waals surface area contributed by atoms with Gasteiger partial charge in [0.1, 0.15) is 0 Å². The molecule has 0 bridgehead atoms. The van der Waals surface area contributed by atoms with Gasteiger partial charge in [0.2, 0.25) is 6.19 Å². The fourth-order valence-electron chi connectivity index (χ4n) is 0.872. The van der Waals surface area contributed by atoms with Crippen molar-refractivity contribution < 1.29 is 29.6 Å². The Bertz CT molecular complexity index is 356. The summed E-state index contributed by atoms with van der Waals surface area (Å²) >= 11 is 10.5. The third-order valence-electron chi connectivity index (χ3n) is 1.44. The zero-order chi connectivity index (χ0) is 9.68. The van der Waals surface area contributed by atoms with Crippen molar-refractivity contribution in [1.29, 1.82) is 5.26 Å². The molecule has 1 aromatic carbocycles. The van der Waals surface area contributed by atoms with E-state index in [4.69, 9.17) is 29.5 Å². The van der Waals surface area contributed by atoms with Crippen LogP contribution in [-0.4, -0.2) is 5.04 Å². The summed E-state index contributed by atoms with van der Waals surface area (Å²) in [5.41, 5.74) is 1.01. The van der Waals surface area contributed by atoms with Crippen LogP contribution in [0.1, 0.15) is 5.56 Å². The molecule has 1 aromatic rings. The predicted molar refractivity (Wildman–Crippen MR) is 55.6 cm³/mol. The van der Waals surface area contributed by atoms with Crippen molar-refractivity contribution in [3.8, 4) is 6.19 Å². The standard InChI is InChI=1S/C9H7ClN2S.Na/c10-8-3-1-7(2-4-8)5-9(13)12-6-11;/h1-4H,5H2,(H,12,13);/q;+1/p-1. The molecule has 0 aromatic heterocycles. The summed E-state index contributed by atoms with van der Waals surface area (Å²) in [6.45, 7) is 0.